The summed E-state index contributed by atoms with van der Waals surface area (Å²) in [4.78, 5) is 23.4. The van der Waals surface area contributed by atoms with Crippen LogP contribution in [0.3, 0.4) is 0 Å². The van der Waals surface area contributed by atoms with E-state index in [0.29, 0.717) is 19.5 Å². The minimum Gasteiger partial charge on any atom is -0.307 e. The smallest absolute Gasteiger partial charge is 0.243 e. The van der Waals surface area contributed by atoms with Gasteiger partial charge in [0.05, 0.1) is 6.54 Å². The van der Waals surface area contributed by atoms with E-state index in [9.17, 15) is 9.59 Å². The topological polar surface area (TPSA) is 49.4 Å². The zero-order valence-electron chi connectivity index (χ0n) is 6.59. The predicted molar refractivity (Wildman–Crippen MR) is 39.9 cm³/mol. The Hall–Kier alpha value is -0.900. The van der Waals surface area contributed by atoms with Gasteiger partial charge in [-0.2, -0.15) is 0 Å². The molecule has 4 heteroatoms. The number of carbonyl (C=O) groups excluding carboxylic acids is 2. The number of nitrogens with one attached hydrogen (secondary N) is 1. The molecule has 0 aromatic rings. The van der Waals surface area contributed by atoms with Crippen LogP contribution < -0.4 is 5.32 Å². The molecule has 11 heavy (non-hydrogen) atoms. The van der Waals surface area contributed by atoms with E-state index < -0.39 is 0 Å². The third-order valence-electron chi connectivity index (χ3n) is 1.69. The molecule has 62 valence electrons. The van der Waals surface area contributed by atoms with Gasteiger partial charge < -0.3 is 5.32 Å². The SMILES string of the molecule is CCC(=O)N1CCNCC1=O. The molecular weight excluding hydrogens is 144 g/mol. The van der Waals surface area contributed by atoms with Crippen molar-refractivity contribution in [3.63, 3.8) is 0 Å². The van der Waals surface area contributed by atoms with Gasteiger partial charge in [-0.05, 0) is 0 Å². The highest BCUT2D eigenvalue weighted by molar-refractivity contribution is 5.96. The maximum absolute atomic E-state index is 11.1. The van der Waals surface area contributed by atoms with E-state index in [0.717, 1.165) is 6.54 Å². The van der Waals surface area contributed by atoms with E-state index >= 15 is 0 Å². The van der Waals surface area contributed by atoms with E-state index in [1.165, 1.54) is 4.90 Å². The van der Waals surface area contributed by atoms with Crippen molar-refractivity contribution in [2.24, 2.45) is 0 Å². The molecule has 0 aliphatic carbocycles. The second kappa shape index (κ2) is 3.48. The quantitative estimate of drug-likeness (QED) is 0.549. The number of hydrogen-bond acceptors (Lipinski definition) is 3. The van der Waals surface area contributed by atoms with Gasteiger partial charge in [0, 0.05) is 19.5 Å². The zero-order valence-corrected chi connectivity index (χ0v) is 6.59. The van der Waals surface area contributed by atoms with Crippen molar-refractivity contribution in [1.82, 2.24) is 10.2 Å². The van der Waals surface area contributed by atoms with Crippen LogP contribution in [0.25, 0.3) is 0 Å². The number of nitrogens with zero attached hydrogens (tertiary/aromatic N) is 1. The van der Waals surface area contributed by atoms with Gasteiger partial charge in [0.1, 0.15) is 0 Å². The summed E-state index contributed by atoms with van der Waals surface area (Å²) in [5, 5.41) is 2.90. The predicted octanol–water partition coefficient (Wildman–Crippen LogP) is -0.645. The van der Waals surface area contributed by atoms with E-state index in [4.69, 9.17) is 0 Å². The average Bonchev–Trinajstić information content (AvgIpc) is 2.04. The second-order valence-corrected chi connectivity index (χ2v) is 2.47. The van der Waals surface area contributed by atoms with Crippen molar-refractivity contribution in [2.75, 3.05) is 19.6 Å². The van der Waals surface area contributed by atoms with Crippen molar-refractivity contribution in [2.45, 2.75) is 13.3 Å². The Kier molecular flexibility index (Phi) is 2.59. The summed E-state index contributed by atoms with van der Waals surface area (Å²) in [6.45, 7) is 3.30. The van der Waals surface area contributed by atoms with Gasteiger partial charge in [0.2, 0.25) is 11.8 Å². The van der Waals surface area contributed by atoms with Gasteiger partial charge in [0.25, 0.3) is 0 Å². The fourth-order valence-corrected chi connectivity index (χ4v) is 1.06. The highest BCUT2D eigenvalue weighted by atomic mass is 16.2. The molecule has 0 spiro atoms. The van der Waals surface area contributed by atoms with Crippen molar-refractivity contribution in [3.05, 3.63) is 0 Å². The first-order valence-electron chi connectivity index (χ1n) is 3.79. The van der Waals surface area contributed by atoms with Crippen LogP contribution >= 0.6 is 0 Å². The molecule has 1 N–H and O–H groups in total. The summed E-state index contributed by atoms with van der Waals surface area (Å²) in [6.07, 6.45) is 0.408. The minimum atomic E-state index is -0.108. The summed E-state index contributed by atoms with van der Waals surface area (Å²) < 4.78 is 0. The molecule has 0 aromatic carbocycles. The summed E-state index contributed by atoms with van der Waals surface area (Å²) in [6, 6.07) is 0. The van der Waals surface area contributed by atoms with Crippen molar-refractivity contribution >= 4 is 11.8 Å². The Labute approximate surface area is 65.6 Å². The van der Waals surface area contributed by atoms with Crippen LogP contribution in [-0.2, 0) is 9.59 Å². The number of piperazine rings is 1. The molecule has 1 aliphatic heterocycles. The Morgan fingerprint density at radius 3 is 3.00 bits per heavy atom. The normalized spacial score (nSPS) is 18.6. The van der Waals surface area contributed by atoms with Crippen LogP contribution in [0.1, 0.15) is 13.3 Å². The molecule has 0 aromatic heterocycles. The summed E-state index contributed by atoms with van der Waals surface area (Å²) in [5.74, 6) is -0.181. The van der Waals surface area contributed by atoms with E-state index in [2.05, 4.69) is 5.32 Å². The number of carbonyl (C=O) groups is 2. The first kappa shape index (κ1) is 8.20. The van der Waals surface area contributed by atoms with Crippen LogP contribution in [0.2, 0.25) is 0 Å². The lowest BCUT2D eigenvalue weighted by Gasteiger charge is -2.24. The highest BCUT2D eigenvalue weighted by Gasteiger charge is 2.21. The second-order valence-electron chi connectivity index (χ2n) is 2.47. The molecule has 1 aliphatic rings. The van der Waals surface area contributed by atoms with Gasteiger partial charge >= 0.3 is 0 Å². The van der Waals surface area contributed by atoms with Gasteiger partial charge in [-0.3, -0.25) is 14.5 Å². The molecule has 1 saturated heterocycles. The molecule has 1 fully saturated rings. The average molecular weight is 156 g/mol. The lowest BCUT2D eigenvalue weighted by Crippen LogP contribution is -2.50. The fraction of sp³-hybridized carbons (Fsp3) is 0.714. The fourth-order valence-electron chi connectivity index (χ4n) is 1.06. The van der Waals surface area contributed by atoms with Crippen LogP contribution in [0.15, 0.2) is 0 Å². The van der Waals surface area contributed by atoms with Crippen LogP contribution in [0.4, 0.5) is 0 Å². The Morgan fingerprint density at radius 1 is 1.73 bits per heavy atom. The summed E-state index contributed by atoms with van der Waals surface area (Å²) in [5.41, 5.74) is 0. The number of imide groups is 1. The van der Waals surface area contributed by atoms with Crippen molar-refractivity contribution < 1.29 is 9.59 Å². The Bertz CT molecular complexity index is 171. The number of rotatable bonds is 1. The van der Waals surface area contributed by atoms with E-state index in [-0.39, 0.29) is 11.8 Å². The van der Waals surface area contributed by atoms with Gasteiger partial charge in [-0.15, -0.1) is 0 Å². The molecular formula is C7H12N2O2. The zero-order chi connectivity index (χ0) is 8.27. The van der Waals surface area contributed by atoms with Crippen LogP contribution in [-0.4, -0.2) is 36.3 Å². The minimum absolute atomic E-state index is 0.0727. The Morgan fingerprint density at radius 2 is 2.45 bits per heavy atom. The summed E-state index contributed by atoms with van der Waals surface area (Å²) in [7, 11) is 0. The summed E-state index contributed by atoms with van der Waals surface area (Å²) >= 11 is 0. The first-order chi connectivity index (χ1) is 5.25. The molecule has 0 atom stereocenters. The molecule has 1 rings (SSSR count). The molecule has 0 radical (unpaired) electrons. The molecule has 2 amide bonds. The molecule has 1 heterocycles. The van der Waals surface area contributed by atoms with Crippen LogP contribution in [0.5, 0.6) is 0 Å². The number of amides is 2. The van der Waals surface area contributed by atoms with Crippen molar-refractivity contribution in [3.8, 4) is 0 Å². The molecule has 0 bridgehead atoms. The molecule has 4 nitrogen and oxygen atoms in total. The van der Waals surface area contributed by atoms with Gasteiger partial charge in [0.15, 0.2) is 0 Å². The lowest BCUT2D eigenvalue weighted by molar-refractivity contribution is -0.145. The maximum Gasteiger partial charge on any atom is 0.243 e. The van der Waals surface area contributed by atoms with E-state index in [1.54, 1.807) is 6.92 Å². The van der Waals surface area contributed by atoms with Crippen molar-refractivity contribution in [1.29, 1.82) is 0 Å². The van der Waals surface area contributed by atoms with Gasteiger partial charge in [-0.25, -0.2) is 0 Å². The van der Waals surface area contributed by atoms with Gasteiger partial charge in [-0.1, -0.05) is 6.92 Å². The standard InChI is InChI=1S/C7H12N2O2/c1-2-6(10)9-4-3-8-5-7(9)11/h8H,2-5H2,1H3. The molecule has 0 saturated carbocycles. The monoisotopic (exact) mass is 156 g/mol. The Balaban J connectivity index is 2.54. The van der Waals surface area contributed by atoms with E-state index in [1.807, 2.05) is 0 Å². The largest absolute Gasteiger partial charge is 0.307 e. The lowest BCUT2D eigenvalue weighted by atomic mass is 10.3. The third-order valence-corrected chi connectivity index (χ3v) is 1.69. The van der Waals surface area contributed by atoms with Crippen LogP contribution in [0, 0.1) is 0 Å². The third kappa shape index (κ3) is 1.77. The highest BCUT2D eigenvalue weighted by Crippen LogP contribution is 1.97. The maximum atomic E-state index is 11.1. The number of hydrogen-bond donors (Lipinski definition) is 1. The molecule has 0 unspecified atom stereocenters. The first-order valence-corrected chi connectivity index (χ1v) is 3.79.